The molecule has 0 aliphatic carbocycles. The first-order valence-corrected chi connectivity index (χ1v) is 7.59. The van der Waals surface area contributed by atoms with E-state index in [1.165, 1.54) is 0 Å². The minimum Gasteiger partial charge on any atom is -0.473 e. The molecule has 0 bridgehead atoms. The standard InChI is InChI=1S/C17H19NO5/c1-3-21-15(19)13(11-18)17(16(20)22-4-2)10-9-12-7-5-6-8-14(12)23-17/h5-8,13H,3-4,9-10H2,1-2H3. The van der Waals surface area contributed by atoms with Crippen molar-refractivity contribution in [3.63, 3.8) is 0 Å². The van der Waals surface area contributed by atoms with E-state index in [2.05, 4.69) is 0 Å². The summed E-state index contributed by atoms with van der Waals surface area (Å²) >= 11 is 0. The van der Waals surface area contributed by atoms with Crippen molar-refractivity contribution in [2.24, 2.45) is 5.92 Å². The molecule has 0 amide bonds. The number of hydrogen-bond donors (Lipinski definition) is 0. The molecule has 2 atom stereocenters. The molecule has 0 saturated heterocycles. The molecule has 2 unspecified atom stereocenters. The lowest BCUT2D eigenvalue weighted by atomic mass is 9.80. The maximum atomic E-state index is 12.5. The Morgan fingerprint density at radius 2 is 2.00 bits per heavy atom. The minimum absolute atomic E-state index is 0.118. The van der Waals surface area contributed by atoms with E-state index in [0.717, 1.165) is 5.56 Å². The van der Waals surface area contributed by atoms with E-state index in [-0.39, 0.29) is 19.6 Å². The highest BCUT2D eigenvalue weighted by Crippen LogP contribution is 2.39. The third kappa shape index (κ3) is 3.14. The van der Waals surface area contributed by atoms with Crippen LogP contribution in [-0.4, -0.2) is 30.8 Å². The van der Waals surface area contributed by atoms with Crippen LogP contribution in [0.4, 0.5) is 0 Å². The molecule has 6 heteroatoms. The number of benzene rings is 1. The molecule has 2 rings (SSSR count). The van der Waals surface area contributed by atoms with Crippen LogP contribution in [0.3, 0.4) is 0 Å². The van der Waals surface area contributed by atoms with Crippen LogP contribution in [0, 0.1) is 17.2 Å². The summed E-state index contributed by atoms with van der Waals surface area (Å²) in [5.41, 5.74) is -0.751. The average Bonchev–Trinajstić information content (AvgIpc) is 2.55. The number of nitrogens with zero attached hydrogens (tertiary/aromatic N) is 1. The molecule has 0 radical (unpaired) electrons. The Labute approximate surface area is 134 Å². The van der Waals surface area contributed by atoms with Crippen LogP contribution in [0.2, 0.25) is 0 Å². The Morgan fingerprint density at radius 3 is 2.65 bits per heavy atom. The number of carbonyl (C=O) groups excluding carboxylic acids is 2. The summed E-state index contributed by atoms with van der Waals surface area (Å²) in [7, 11) is 0. The molecular formula is C17H19NO5. The zero-order valence-electron chi connectivity index (χ0n) is 13.2. The first-order valence-electron chi connectivity index (χ1n) is 7.59. The molecule has 1 aliphatic heterocycles. The monoisotopic (exact) mass is 317 g/mol. The molecule has 1 heterocycles. The van der Waals surface area contributed by atoms with Gasteiger partial charge in [0.2, 0.25) is 5.60 Å². The number of esters is 2. The number of nitriles is 1. The molecule has 0 spiro atoms. The Hall–Kier alpha value is -2.55. The normalized spacial score (nSPS) is 20.4. The van der Waals surface area contributed by atoms with Gasteiger partial charge in [-0.05, 0) is 31.9 Å². The van der Waals surface area contributed by atoms with E-state index < -0.39 is 23.5 Å². The minimum atomic E-state index is -1.68. The van der Waals surface area contributed by atoms with Crippen LogP contribution in [0.15, 0.2) is 24.3 Å². The zero-order chi connectivity index (χ0) is 16.9. The third-order valence-corrected chi connectivity index (χ3v) is 3.77. The Bertz CT molecular complexity index is 636. The first-order chi connectivity index (χ1) is 11.1. The van der Waals surface area contributed by atoms with Gasteiger partial charge in [0, 0.05) is 6.42 Å². The SMILES string of the molecule is CCOC(=O)C(C#N)C1(C(=O)OCC)CCc2ccccc2O1. The lowest BCUT2D eigenvalue weighted by Gasteiger charge is -2.38. The van der Waals surface area contributed by atoms with E-state index in [9.17, 15) is 14.9 Å². The quantitative estimate of drug-likeness (QED) is 0.772. The van der Waals surface area contributed by atoms with Gasteiger partial charge in [-0.25, -0.2) is 4.79 Å². The Morgan fingerprint density at radius 1 is 1.30 bits per heavy atom. The third-order valence-electron chi connectivity index (χ3n) is 3.77. The van der Waals surface area contributed by atoms with Crippen molar-refractivity contribution < 1.29 is 23.8 Å². The van der Waals surface area contributed by atoms with Crippen molar-refractivity contribution in [2.45, 2.75) is 32.3 Å². The van der Waals surface area contributed by atoms with Gasteiger partial charge < -0.3 is 14.2 Å². The second-order valence-electron chi connectivity index (χ2n) is 5.13. The van der Waals surface area contributed by atoms with Gasteiger partial charge in [0.15, 0.2) is 5.92 Å². The predicted molar refractivity (Wildman–Crippen MR) is 80.5 cm³/mol. The fourth-order valence-electron chi connectivity index (χ4n) is 2.67. The van der Waals surface area contributed by atoms with E-state index in [1.807, 2.05) is 18.2 Å². The highest BCUT2D eigenvalue weighted by atomic mass is 16.6. The largest absolute Gasteiger partial charge is 0.473 e. The molecule has 6 nitrogen and oxygen atoms in total. The second-order valence-corrected chi connectivity index (χ2v) is 5.13. The first kappa shape index (κ1) is 16.8. The predicted octanol–water partition coefficient (Wildman–Crippen LogP) is 2.02. The van der Waals surface area contributed by atoms with Crippen LogP contribution >= 0.6 is 0 Å². The van der Waals surface area contributed by atoms with Crippen LogP contribution < -0.4 is 4.74 Å². The molecule has 0 fully saturated rings. The van der Waals surface area contributed by atoms with Crippen molar-refractivity contribution in [3.8, 4) is 11.8 Å². The van der Waals surface area contributed by atoms with Gasteiger partial charge in [-0.2, -0.15) is 5.26 Å². The molecule has 1 aromatic carbocycles. The number of ether oxygens (including phenoxy) is 3. The Balaban J connectivity index is 2.44. The molecular weight excluding hydrogens is 298 g/mol. The second kappa shape index (κ2) is 7.14. The molecule has 0 aromatic heterocycles. The van der Waals surface area contributed by atoms with Crippen LogP contribution in [0.1, 0.15) is 25.8 Å². The average molecular weight is 317 g/mol. The van der Waals surface area contributed by atoms with Crippen molar-refractivity contribution in [1.29, 1.82) is 5.26 Å². The summed E-state index contributed by atoms with van der Waals surface area (Å²) in [4.78, 5) is 24.7. The van der Waals surface area contributed by atoms with E-state index in [4.69, 9.17) is 14.2 Å². The van der Waals surface area contributed by atoms with Gasteiger partial charge in [0.05, 0.1) is 19.3 Å². The molecule has 0 saturated carbocycles. The van der Waals surface area contributed by atoms with Gasteiger partial charge in [0.1, 0.15) is 5.75 Å². The maximum absolute atomic E-state index is 12.5. The topological polar surface area (TPSA) is 85.6 Å². The van der Waals surface area contributed by atoms with Crippen LogP contribution in [0.25, 0.3) is 0 Å². The van der Waals surface area contributed by atoms with Gasteiger partial charge >= 0.3 is 11.9 Å². The number of aryl methyl sites for hydroxylation is 1. The van der Waals surface area contributed by atoms with Crippen molar-refractivity contribution in [3.05, 3.63) is 29.8 Å². The van der Waals surface area contributed by atoms with Crippen molar-refractivity contribution in [2.75, 3.05) is 13.2 Å². The lowest BCUT2D eigenvalue weighted by molar-refractivity contribution is -0.175. The van der Waals surface area contributed by atoms with Gasteiger partial charge in [-0.15, -0.1) is 0 Å². The van der Waals surface area contributed by atoms with Gasteiger partial charge in [-0.3, -0.25) is 4.79 Å². The van der Waals surface area contributed by atoms with E-state index >= 15 is 0 Å². The number of carbonyl (C=O) groups is 2. The highest BCUT2D eigenvalue weighted by Gasteiger charge is 2.55. The summed E-state index contributed by atoms with van der Waals surface area (Å²) in [6, 6.07) is 9.10. The number of para-hydroxylation sites is 1. The summed E-state index contributed by atoms with van der Waals surface area (Å²) in [5, 5.41) is 9.47. The van der Waals surface area contributed by atoms with Gasteiger partial charge in [-0.1, -0.05) is 18.2 Å². The maximum Gasteiger partial charge on any atom is 0.352 e. The highest BCUT2D eigenvalue weighted by molar-refractivity contribution is 5.90. The molecule has 1 aromatic rings. The fourth-order valence-corrected chi connectivity index (χ4v) is 2.67. The van der Waals surface area contributed by atoms with Crippen molar-refractivity contribution in [1.82, 2.24) is 0 Å². The molecule has 122 valence electrons. The van der Waals surface area contributed by atoms with Crippen LogP contribution in [-0.2, 0) is 25.5 Å². The summed E-state index contributed by atoms with van der Waals surface area (Å²) in [6.45, 7) is 3.55. The Kier molecular flexibility index (Phi) is 5.22. The van der Waals surface area contributed by atoms with Gasteiger partial charge in [0.25, 0.3) is 0 Å². The van der Waals surface area contributed by atoms with Crippen molar-refractivity contribution >= 4 is 11.9 Å². The zero-order valence-corrected chi connectivity index (χ0v) is 13.2. The van der Waals surface area contributed by atoms with Crippen LogP contribution in [0.5, 0.6) is 5.75 Å². The molecule has 1 aliphatic rings. The number of rotatable bonds is 5. The summed E-state index contributed by atoms with van der Waals surface area (Å²) in [6.07, 6.45) is 0.687. The number of fused-ring (bicyclic) bond motifs is 1. The van der Waals surface area contributed by atoms with E-state index in [0.29, 0.717) is 12.2 Å². The molecule has 23 heavy (non-hydrogen) atoms. The summed E-state index contributed by atoms with van der Waals surface area (Å²) in [5.74, 6) is -2.39. The molecule has 0 N–H and O–H groups in total. The number of hydrogen-bond acceptors (Lipinski definition) is 6. The smallest absolute Gasteiger partial charge is 0.352 e. The lowest BCUT2D eigenvalue weighted by Crippen LogP contribution is -2.56. The fraction of sp³-hybridized carbons (Fsp3) is 0.471. The summed E-state index contributed by atoms with van der Waals surface area (Å²) < 4.78 is 15.9. The van der Waals surface area contributed by atoms with E-state index in [1.54, 1.807) is 26.0 Å².